The van der Waals surface area contributed by atoms with Crippen molar-refractivity contribution in [3.05, 3.63) is 63.1 Å². The zero-order valence-electron chi connectivity index (χ0n) is 16.7. The number of carbonyl (C=O) groups excluding carboxylic acids is 2. The number of nitrogens with zero attached hydrogens (tertiary/aromatic N) is 1. The Labute approximate surface area is 165 Å². The Hall–Kier alpha value is -2.89. The lowest BCUT2D eigenvalue weighted by Crippen LogP contribution is -2.34. The van der Waals surface area contributed by atoms with Gasteiger partial charge < -0.3 is 15.2 Å². The predicted molar refractivity (Wildman–Crippen MR) is 109 cm³/mol. The standard InChI is InChI=1S/C22H27N3O3/c1-4-5-16-6-8-18(9-7-16)25-13-17(11-20(25)26)21(27)23-12-19-14(2)10-15(3)24-22(19)28/h6-10,17H,4-5,11-13H2,1-3H3,(H,23,27)(H,24,28). The number of amides is 2. The maximum Gasteiger partial charge on any atom is 0.253 e. The Morgan fingerprint density at radius 3 is 2.57 bits per heavy atom. The molecule has 1 atom stereocenters. The molecule has 2 N–H and O–H groups in total. The third-order valence-electron chi connectivity index (χ3n) is 5.22. The SMILES string of the molecule is CCCc1ccc(N2CC(C(=O)NCc3c(C)cc(C)[nH]c3=O)CC2=O)cc1. The number of hydrogen-bond acceptors (Lipinski definition) is 3. The molecule has 6 nitrogen and oxygen atoms in total. The summed E-state index contributed by atoms with van der Waals surface area (Å²) in [6.07, 6.45) is 2.27. The molecule has 0 bridgehead atoms. The fraction of sp³-hybridized carbons (Fsp3) is 0.409. The van der Waals surface area contributed by atoms with E-state index in [1.54, 1.807) is 4.90 Å². The van der Waals surface area contributed by atoms with Gasteiger partial charge in [0, 0.05) is 36.5 Å². The number of H-pyrrole nitrogens is 1. The molecule has 148 valence electrons. The number of rotatable bonds is 6. The molecule has 0 saturated carbocycles. The molecule has 0 radical (unpaired) electrons. The molecule has 1 unspecified atom stereocenters. The topological polar surface area (TPSA) is 82.3 Å². The van der Waals surface area contributed by atoms with Crippen molar-refractivity contribution < 1.29 is 9.59 Å². The van der Waals surface area contributed by atoms with E-state index < -0.39 is 5.92 Å². The molecular formula is C22H27N3O3. The summed E-state index contributed by atoms with van der Waals surface area (Å²) < 4.78 is 0. The van der Waals surface area contributed by atoms with Gasteiger partial charge in [0.25, 0.3) is 5.56 Å². The third kappa shape index (κ3) is 4.32. The summed E-state index contributed by atoms with van der Waals surface area (Å²) in [5, 5.41) is 2.82. The van der Waals surface area contributed by atoms with Crippen LogP contribution in [0.25, 0.3) is 0 Å². The molecule has 2 amide bonds. The molecule has 6 heteroatoms. The van der Waals surface area contributed by atoms with Gasteiger partial charge in [0.2, 0.25) is 11.8 Å². The van der Waals surface area contributed by atoms with Gasteiger partial charge in [-0.05, 0) is 49.6 Å². The Balaban J connectivity index is 1.63. The van der Waals surface area contributed by atoms with Gasteiger partial charge in [-0.3, -0.25) is 14.4 Å². The van der Waals surface area contributed by atoms with E-state index in [1.165, 1.54) is 5.56 Å². The molecule has 3 rings (SSSR count). The van der Waals surface area contributed by atoms with Crippen LogP contribution >= 0.6 is 0 Å². The van der Waals surface area contributed by atoms with Crippen LogP contribution in [0.1, 0.15) is 42.1 Å². The first-order valence-corrected chi connectivity index (χ1v) is 9.75. The summed E-state index contributed by atoms with van der Waals surface area (Å²) in [7, 11) is 0. The number of aromatic amines is 1. The third-order valence-corrected chi connectivity index (χ3v) is 5.22. The molecule has 1 aliphatic rings. The number of aryl methyl sites for hydroxylation is 3. The van der Waals surface area contributed by atoms with E-state index >= 15 is 0 Å². The van der Waals surface area contributed by atoms with Gasteiger partial charge in [0.1, 0.15) is 0 Å². The van der Waals surface area contributed by atoms with Gasteiger partial charge in [-0.25, -0.2) is 0 Å². The van der Waals surface area contributed by atoms with E-state index in [0.717, 1.165) is 29.8 Å². The first kappa shape index (κ1) is 19.9. The Morgan fingerprint density at radius 2 is 1.93 bits per heavy atom. The van der Waals surface area contributed by atoms with E-state index in [2.05, 4.69) is 17.2 Å². The molecule has 1 aliphatic heterocycles. The Morgan fingerprint density at radius 1 is 1.21 bits per heavy atom. The summed E-state index contributed by atoms with van der Waals surface area (Å²) in [5.41, 5.74) is 4.06. The van der Waals surface area contributed by atoms with E-state index in [1.807, 2.05) is 44.2 Å². The minimum atomic E-state index is -0.410. The summed E-state index contributed by atoms with van der Waals surface area (Å²) in [4.78, 5) is 41.5. The van der Waals surface area contributed by atoms with Crippen molar-refractivity contribution in [2.24, 2.45) is 5.92 Å². The quantitative estimate of drug-likeness (QED) is 0.807. The monoisotopic (exact) mass is 381 g/mol. The van der Waals surface area contributed by atoms with Gasteiger partial charge >= 0.3 is 0 Å². The minimum absolute atomic E-state index is 0.0484. The molecule has 2 aromatic rings. The average Bonchev–Trinajstić information content (AvgIpc) is 3.03. The molecule has 1 saturated heterocycles. The number of nitrogens with one attached hydrogen (secondary N) is 2. The van der Waals surface area contributed by atoms with E-state index in [4.69, 9.17) is 0 Å². The van der Waals surface area contributed by atoms with Crippen molar-refractivity contribution in [3.63, 3.8) is 0 Å². The van der Waals surface area contributed by atoms with Crippen molar-refractivity contribution in [1.82, 2.24) is 10.3 Å². The second-order valence-corrected chi connectivity index (χ2v) is 7.48. The highest BCUT2D eigenvalue weighted by molar-refractivity contribution is 6.00. The average molecular weight is 381 g/mol. The number of hydrogen-bond donors (Lipinski definition) is 2. The first-order chi connectivity index (χ1) is 13.4. The van der Waals surface area contributed by atoms with E-state index in [0.29, 0.717) is 12.1 Å². The summed E-state index contributed by atoms with van der Waals surface area (Å²) in [5.74, 6) is -0.654. The second-order valence-electron chi connectivity index (χ2n) is 7.48. The lowest BCUT2D eigenvalue weighted by molar-refractivity contribution is -0.126. The molecular weight excluding hydrogens is 354 g/mol. The number of aromatic nitrogens is 1. The van der Waals surface area contributed by atoms with Crippen LogP contribution in [-0.4, -0.2) is 23.3 Å². The highest BCUT2D eigenvalue weighted by Crippen LogP contribution is 2.26. The van der Waals surface area contributed by atoms with Crippen LogP contribution in [0.3, 0.4) is 0 Å². The van der Waals surface area contributed by atoms with Crippen molar-refractivity contribution in [2.45, 2.75) is 46.6 Å². The van der Waals surface area contributed by atoms with Crippen LogP contribution < -0.4 is 15.8 Å². The summed E-state index contributed by atoms with van der Waals surface area (Å²) in [6, 6.07) is 9.83. The lowest BCUT2D eigenvalue weighted by atomic mass is 10.1. The number of pyridine rings is 1. The van der Waals surface area contributed by atoms with E-state index in [9.17, 15) is 14.4 Å². The lowest BCUT2D eigenvalue weighted by Gasteiger charge is -2.17. The zero-order chi connectivity index (χ0) is 20.3. The molecule has 28 heavy (non-hydrogen) atoms. The first-order valence-electron chi connectivity index (χ1n) is 9.75. The van der Waals surface area contributed by atoms with Gasteiger partial charge in [-0.15, -0.1) is 0 Å². The second kappa shape index (κ2) is 8.42. The van der Waals surface area contributed by atoms with Gasteiger partial charge in [-0.1, -0.05) is 25.5 Å². The maximum absolute atomic E-state index is 12.6. The molecule has 0 aliphatic carbocycles. The molecule has 1 fully saturated rings. The largest absolute Gasteiger partial charge is 0.351 e. The van der Waals surface area contributed by atoms with Crippen LogP contribution in [0.2, 0.25) is 0 Å². The molecule has 1 aromatic heterocycles. The number of anilines is 1. The fourth-order valence-electron chi connectivity index (χ4n) is 3.69. The predicted octanol–water partition coefficient (Wildman–Crippen LogP) is 2.61. The fourth-order valence-corrected chi connectivity index (χ4v) is 3.69. The van der Waals surface area contributed by atoms with Crippen LogP contribution in [0.15, 0.2) is 35.1 Å². The van der Waals surface area contributed by atoms with Crippen molar-refractivity contribution in [1.29, 1.82) is 0 Å². The summed E-state index contributed by atoms with van der Waals surface area (Å²) >= 11 is 0. The normalized spacial score (nSPS) is 16.5. The van der Waals surface area contributed by atoms with Crippen molar-refractivity contribution in [2.75, 3.05) is 11.4 Å². The minimum Gasteiger partial charge on any atom is -0.351 e. The van der Waals surface area contributed by atoms with Gasteiger partial charge in [-0.2, -0.15) is 0 Å². The molecule has 0 spiro atoms. The highest BCUT2D eigenvalue weighted by atomic mass is 16.2. The maximum atomic E-state index is 12.6. The smallest absolute Gasteiger partial charge is 0.253 e. The number of carbonyl (C=O) groups is 2. The number of benzene rings is 1. The van der Waals surface area contributed by atoms with Crippen LogP contribution in [-0.2, 0) is 22.6 Å². The van der Waals surface area contributed by atoms with Crippen LogP contribution in [0.5, 0.6) is 0 Å². The molecule has 1 aromatic carbocycles. The summed E-state index contributed by atoms with van der Waals surface area (Å²) in [6.45, 7) is 6.34. The zero-order valence-corrected chi connectivity index (χ0v) is 16.7. The van der Waals surface area contributed by atoms with Gasteiger partial charge in [0.15, 0.2) is 0 Å². The van der Waals surface area contributed by atoms with Crippen molar-refractivity contribution >= 4 is 17.5 Å². The van der Waals surface area contributed by atoms with Crippen molar-refractivity contribution in [3.8, 4) is 0 Å². The Kier molecular flexibility index (Phi) is 5.97. The van der Waals surface area contributed by atoms with Crippen LogP contribution in [0, 0.1) is 19.8 Å². The van der Waals surface area contributed by atoms with E-state index in [-0.39, 0.29) is 30.3 Å². The van der Waals surface area contributed by atoms with Crippen LogP contribution in [0.4, 0.5) is 5.69 Å². The highest BCUT2D eigenvalue weighted by Gasteiger charge is 2.35. The molecule has 2 heterocycles. The Bertz CT molecular complexity index is 931. The van der Waals surface area contributed by atoms with Gasteiger partial charge in [0.05, 0.1) is 5.92 Å².